The first-order chi connectivity index (χ1) is 14.3. The molecule has 0 aliphatic heterocycles. The Kier molecular flexibility index (Phi) is 6.67. The van der Waals surface area contributed by atoms with E-state index in [9.17, 15) is 18.3 Å². The third-order valence-corrected chi connectivity index (χ3v) is 6.09. The summed E-state index contributed by atoms with van der Waals surface area (Å²) in [5.41, 5.74) is 1.42. The molecular formula is C21H19ClN2O5S. The summed E-state index contributed by atoms with van der Waals surface area (Å²) in [6.45, 7) is 1.88. The number of hydrogen-bond acceptors (Lipinski definition) is 4. The van der Waals surface area contributed by atoms with E-state index < -0.39 is 22.0 Å². The number of rotatable bonds is 8. The maximum atomic E-state index is 12.7. The number of sulfonamides is 1. The molecule has 0 bridgehead atoms. The van der Waals surface area contributed by atoms with Crippen LogP contribution in [0.2, 0.25) is 5.02 Å². The van der Waals surface area contributed by atoms with E-state index >= 15 is 0 Å². The van der Waals surface area contributed by atoms with E-state index in [1.807, 2.05) is 0 Å². The molecule has 3 aromatic rings. The number of fused-ring (bicyclic) bond motifs is 1. The molecule has 3 rings (SSSR count). The van der Waals surface area contributed by atoms with Crippen molar-refractivity contribution in [2.45, 2.75) is 24.3 Å². The number of carbonyl (C=O) groups is 1. The highest BCUT2D eigenvalue weighted by atomic mass is 35.5. The lowest BCUT2D eigenvalue weighted by Crippen LogP contribution is -2.42. The molecule has 7 nitrogen and oxygen atoms in total. The van der Waals surface area contributed by atoms with Crippen molar-refractivity contribution in [1.29, 1.82) is 0 Å². The van der Waals surface area contributed by atoms with Gasteiger partial charge in [-0.15, -0.1) is 5.92 Å². The van der Waals surface area contributed by atoms with Crippen molar-refractivity contribution in [3.63, 3.8) is 0 Å². The van der Waals surface area contributed by atoms with Gasteiger partial charge >= 0.3 is 5.97 Å². The predicted octanol–water partition coefficient (Wildman–Crippen LogP) is 3.20. The van der Waals surface area contributed by atoms with Crippen LogP contribution in [-0.2, 0) is 21.2 Å². The van der Waals surface area contributed by atoms with Gasteiger partial charge < -0.3 is 14.8 Å². The van der Waals surface area contributed by atoms with Crippen LogP contribution in [0.25, 0.3) is 10.9 Å². The van der Waals surface area contributed by atoms with Gasteiger partial charge in [-0.05, 0) is 55.0 Å². The maximum Gasteiger partial charge on any atom is 0.322 e. The molecule has 0 spiro atoms. The fourth-order valence-electron chi connectivity index (χ4n) is 2.88. The number of aromatic amines is 1. The average Bonchev–Trinajstić information content (AvgIpc) is 3.10. The number of nitrogens with one attached hydrogen (secondary N) is 2. The zero-order valence-corrected chi connectivity index (χ0v) is 17.5. The second kappa shape index (κ2) is 9.22. The lowest BCUT2D eigenvalue weighted by Gasteiger charge is -2.15. The second-order valence-electron chi connectivity index (χ2n) is 6.41. The predicted molar refractivity (Wildman–Crippen MR) is 114 cm³/mol. The van der Waals surface area contributed by atoms with Crippen molar-refractivity contribution in [1.82, 2.24) is 9.71 Å². The summed E-state index contributed by atoms with van der Waals surface area (Å²) in [6.07, 6.45) is 1.60. The van der Waals surface area contributed by atoms with Crippen molar-refractivity contribution in [3.05, 3.63) is 59.2 Å². The minimum atomic E-state index is -4.06. The maximum absolute atomic E-state index is 12.7. The number of hydrogen-bond donors (Lipinski definition) is 3. The highest BCUT2D eigenvalue weighted by Crippen LogP contribution is 2.24. The Morgan fingerprint density at radius 3 is 2.67 bits per heavy atom. The number of carboxylic acid groups (broad SMARTS) is 1. The molecule has 0 aliphatic rings. The van der Waals surface area contributed by atoms with E-state index in [2.05, 4.69) is 21.5 Å². The topological polar surface area (TPSA) is 108 Å². The van der Waals surface area contributed by atoms with Crippen molar-refractivity contribution >= 4 is 38.5 Å². The van der Waals surface area contributed by atoms with Gasteiger partial charge in [0.25, 0.3) is 0 Å². The van der Waals surface area contributed by atoms with Gasteiger partial charge in [-0.25, -0.2) is 8.42 Å². The zero-order chi connectivity index (χ0) is 21.7. The molecule has 0 unspecified atom stereocenters. The van der Waals surface area contributed by atoms with E-state index in [-0.39, 0.29) is 17.9 Å². The zero-order valence-electron chi connectivity index (χ0n) is 16.0. The molecule has 0 saturated heterocycles. The molecular weight excluding hydrogens is 428 g/mol. The molecule has 2 aromatic carbocycles. The van der Waals surface area contributed by atoms with E-state index in [4.69, 9.17) is 16.3 Å². The Bertz CT molecular complexity index is 1220. The van der Waals surface area contributed by atoms with Gasteiger partial charge in [0.05, 0.1) is 4.90 Å². The van der Waals surface area contributed by atoms with E-state index in [1.54, 1.807) is 31.3 Å². The van der Waals surface area contributed by atoms with Crippen LogP contribution in [0.3, 0.4) is 0 Å². The minimum absolute atomic E-state index is 0.0498. The van der Waals surface area contributed by atoms with Gasteiger partial charge in [0.15, 0.2) is 0 Å². The molecule has 1 atom stereocenters. The summed E-state index contributed by atoms with van der Waals surface area (Å²) in [7, 11) is -4.06. The van der Waals surface area contributed by atoms with Crippen LogP contribution >= 0.6 is 11.6 Å². The molecule has 1 heterocycles. The molecule has 0 fully saturated rings. The third-order valence-electron chi connectivity index (χ3n) is 4.37. The fourth-order valence-corrected chi connectivity index (χ4v) is 4.24. The van der Waals surface area contributed by atoms with Crippen LogP contribution < -0.4 is 9.46 Å². The first-order valence-electron chi connectivity index (χ1n) is 8.93. The molecule has 1 aromatic heterocycles. The molecule has 3 N–H and O–H groups in total. The summed E-state index contributed by atoms with van der Waals surface area (Å²) < 4.78 is 33.0. The largest absolute Gasteiger partial charge is 0.481 e. The number of benzene rings is 2. The average molecular weight is 447 g/mol. The number of H-pyrrole nitrogens is 1. The summed E-state index contributed by atoms with van der Waals surface area (Å²) in [5, 5.41) is 10.8. The first-order valence-corrected chi connectivity index (χ1v) is 10.8. The van der Waals surface area contributed by atoms with Crippen LogP contribution in [0.1, 0.15) is 12.5 Å². The van der Waals surface area contributed by atoms with Gasteiger partial charge in [-0.3, -0.25) is 4.79 Å². The third kappa shape index (κ3) is 5.13. The van der Waals surface area contributed by atoms with Crippen molar-refractivity contribution in [2.75, 3.05) is 6.61 Å². The SMILES string of the molecule is CC#CCOc1ccc(S(=O)(=O)N[C@@H](Cc2c[nH]c3ccc(Cl)cc23)C(=O)O)cc1. The molecule has 0 aliphatic carbocycles. The Morgan fingerprint density at radius 1 is 1.27 bits per heavy atom. The summed E-state index contributed by atoms with van der Waals surface area (Å²) in [4.78, 5) is 14.7. The van der Waals surface area contributed by atoms with E-state index in [0.29, 0.717) is 16.3 Å². The van der Waals surface area contributed by atoms with Gasteiger partial charge in [-0.1, -0.05) is 17.5 Å². The van der Waals surface area contributed by atoms with E-state index in [0.717, 1.165) is 10.9 Å². The number of carboxylic acids is 1. The normalized spacial score (nSPS) is 12.2. The lowest BCUT2D eigenvalue weighted by atomic mass is 10.1. The van der Waals surface area contributed by atoms with Crippen LogP contribution in [0, 0.1) is 11.8 Å². The van der Waals surface area contributed by atoms with Crippen molar-refractivity contribution in [2.24, 2.45) is 0 Å². The highest BCUT2D eigenvalue weighted by Gasteiger charge is 2.26. The number of aromatic nitrogens is 1. The van der Waals surface area contributed by atoms with Crippen LogP contribution in [0.15, 0.2) is 53.6 Å². The van der Waals surface area contributed by atoms with Gasteiger partial charge in [0, 0.05) is 28.5 Å². The summed E-state index contributed by atoms with van der Waals surface area (Å²) in [5.74, 6) is 4.61. The summed E-state index contributed by atoms with van der Waals surface area (Å²) >= 11 is 6.03. The Hall–Kier alpha value is -2.99. The van der Waals surface area contributed by atoms with Gasteiger partial charge in [0.2, 0.25) is 10.0 Å². The van der Waals surface area contributed by atoms with Crippen molar-refractivity contribution < 1.29 is 23.1 Å². The smallest absolute Gasteiger partial charge is 0.322 e. The second-order valence-corrected chi connectivity index (χ2v) is 8.56. The van der Waals surface area contributed by atoms with Gasteiger partial charge in [0.1, 0.15) is 18.4 Å². The Morgan fingerprint density at radius 2 is 2.00 bits per heavy atom. The summed E-state index contributed by atoms with van der Waals surface area (Å²) in [6, 6.07) is 9.51. The van der Waals surface area contributed by atoms with E-state index in [1.165, 1.54) is 24.3 Å². The number of halogens is 1. The van der Waals surface area contributed by atoms with Crippen molar-refractivity contribution in [3.8, 4) is 17.6 Å². The molecule has 9 heteroatoms. The molecule has 0 saturated carbocycles. The van der Waals surface area contributed by atoms with Gasteiger partial charge in [-0.2, -0.15) is 4.72 Å². The molecule has 0 amide bonds. The van der Waals surface area contributed by atoms with Crippen LogP contribution in [0.4, 0.5) is 0 Å². The quantitative estimate of drug-likeness (QED) is 0.460. The highest BCUT2D eigenvalue weighted by molar-refractivity contribution is 7.89. The van der Waals surface area contributed by atoms with Crippen LogP contribution in [0.5, 0.6) is 5.75 Å². The number of aliphatic carboxylic acids is 1. The Balaban J connectivity index is 1.78. The lowest BCUT2D eigenvalue weighted by molar-refractivity contribution is -0.138. The minimum Gasteiger partial charge on any atom is -0.481 e. The van der Waals surface area contributed by atoms with Crippen LogP contribution in [-0.4, -0.2) is 37.1 Å². The molecule has 0 radical (unpaired) electrons. The first kappa shape index (κ1) is 21.7. The molecule has 30 heavy (non-hydrogen) atoms. The Labute approximate surface area is 179 Å². The standard InChI is InChI=1S/C21H19ClN2O5S/c1-2-3-10-29-16-5-7-17(8-6-16)30(27,28)24-20(21(25)26)11-14-13-23-19-9-4-15(22)12-18(14)19/h4-9,12-13,20,23-24H,10-11H2,1H3,(H,25,26)/t20-/m0/s1. The molecule has 156 valence electrons. The fraction of sp³-hybridized carbons (Fsp3) is 0.190. The number of ether oxygens (including phenoxy) is 1. The monoisotopic (exact) mass is 446 g/mol.